The number of fused-ring (bicyclic) bond motifs is 1. The number of pyridine rings is 1. The minimum atomic E-state index is -0.852. The molecule has 0 aliphatic carbocycles. The number of aromatic nitrogens is 1. The summed E-state index contributed by atoms with van der Waals surface area (Å²) in [6.45, 7) is 7.52. The lowest BCUT2D eigenvalue weighted by Crippen LogP contribution is -2.43. The van der Waals surface area contributed by atoms with E-state index in [1.54, 1.807) is 31.3 Å². The van der Waals surface area contributed by atoms with Gasteiger partial charge in [0.25, 0.3) is 11.2 Å². The normalized spacial score (nSPS) is 15.1. The van der Waals surface area contributed by atoms with Gasteiger partial charge in [-0.1, -0.05) is 6.07 Å². The number of nitrogens with one attached hydrogen (secondary N) is 1. The fraction of sp³-hybridized carbons (Fsp3) is 0.316. The van der Waals surface area contributed by atoms with Crippen molar-refractivity contribution in [3.63, 3.8) is 0 Å². The molecule has 2 aromatic rings. The van der Waals surface area contributed by atoms with Crippen molar-refractivity contribution in [1.82, 2.24) is 10.0 Å². The summed E-state index contributed by atoms with van der Waals surface area (Å²) in [5.74, 6) is 0.468. The van der Waals surface area contributed by atoms with Crippen LogP contribution >= 0.6 is 0 Å². The predicted octanol–water partition coefficient (Wildman–Crippen LogP) is 2.99. The highest BCUT2D eigenvalue weighted by atomic mass is 16.6. The molecule has 0 saturated carbocycles. The van der Waals surface area contributed by atoms with Crippen LogP contribution in [-0.4, -0.2) is 21.7 Å². The minimum absolute atomic E-state index is 0.0469. The van der Waals surface area contributed by atoms with Gasteiger partial charge in [-0.3, -0.25) is 29.8 Å². The molecular weight excluding hydrogens is 350 g/mol. The molecule has 0 unspecified atom stereocenters. The zero-order chi connectivity index (χ0) is 19.8. The van der Waals surface area contributed by atoms with Crippen molar-refractivity contribution in [2.45, 2.75) is 33.3 Å². The Morgan fingerprint density at radius 2 is 2.04 bits per heavy atom. The lowest BCUT2D eigenvalue weighted by molar-refractivity contribution is -0.385. The molecule has 0 radical (unpaired) electrons. The van der Waals surface area contributed by atoms with Crippen molar-refractivity contribution in [3.05, 3.63) is 73.8 Å². The highest BCUT2D eigenvalue weighted by molar-refractivity contribution is 5.80. The number of nitro benzene ring substituents is 1. The van der Waals surface area contributed by atoms with Gasteiger partial charge in [0.05, 0.1) is 22.8 Å². The summed E-state index contributed by atoms with van der Waals surface area (Å²) in [6, 6.07) is 7.77. The second-order valence-electron chi connectivity index (χ2n) is 6.62. The van der Waals surface area contributed by atoms with Crippen LogP contribution in [0.4, 0.5) is 5.69 Å². The molecule has 1 aromatic heterocycles. The molecule has 0 fully saturated rings. The third-order valence-electron chi connectivity index (χ3n) is 4.42. The van der Waals surface area contributed by atoms with Gasteiger partial charge >= 0.3 is 0 Å². The van der Waals surface area contributed by atoms with E-state index in [1.807, 2.05) is 20.8 Å². The molecule has 3 rings (SSSR count). The van der Waals surface area contributed by atoms with E-state index < -0.39 is 10.5 Å². The van der Waals surface area contributed by atoms with Crippen LogP contribution in [-0.2, 0) is 4.84 Å². The maximum atomic E-state index is 12.6. The molecule has 0 amide bonds. The van der Waals surface area contributed by atoms with Crippen LogP contribution in [0.1, 0.15) is 31.9 Å². The number of rotatable bonds is 5. The first-order chi connectivity index (χ1) is 12.8. The van der Waals surface area contributed by atoms with E-state index in [-0.39, 0.29) is 11.2 Å². The van der Waals surface area contributed by atoms with Crippen LogP contribution in [0.25, 0.3) is 5.70 Å². The Kier molecular flexibility index (Phi) is 4.75. The highest BCUT2D eigenvalue weighted by Crippen LogP contribution is 2.44. The van der Waals surface area contributed by atoms with E-state index in [4.69, 9.17) is 9.57 Å². The zero-order valence-electron chi connectivity index (χ0n) is 15.6. The van der Waals surface area contributed by atoms with Crippen LogP contribution in [0, 0.1) is 17.0 Å². The van der Waals surface area contributed by atoms with Gasteiger partial charge in [0.2, 0.25) is 0 Å². The summed E-state index contributed by atoms with van der Waals surface area (Å²) in [7, 11) is 0. The van der Waals surface area contributed by atoms with Crippen LogP contribution in [0.2, 0.25) is 0 Å². The number of ether oxygens (including phenoxy) is 1. The van der Waals surface area contributed by atoms with Crippen molar-refractivity contribution < 1.29 is 14.5 Å². The standard InChI is InChI=1S/C19H21N3O5/c1-5-26-20-18-17(21-11-7-6-8-15(21)23)16-12(2)13(22(24)25)9-10-14(16)27-19(18,3)4/h6-11,20H,5H2,1-4H3. The lowest BCUT2D eigenvalue weighted by Gasteiger charge is -2.37. The van der Waals surface area contributed by atoms with E-state index in [9.17, 15) is 14.9 Å². The van der Waals surface area contributed by atoms with Gasteiger partial charge in [-0.2, -0.15) is 0 Å². The number of hydrogen-bond donors (Lipinski definition) is 1. The number of nitrogens with zero attached hydrogens (tertiary/aromatic N) is 2. The molecule has 1 aliphatic heterocycles. The Bertz CT molecular complexity index is 991. The number of benzene rings is 1. The van der Waals surface area contributed by atoms with E-state index >= 15 is 0 Å². The summed E-state index contributed by atoms with van der Waals surface area (Å²) in [5, 5.41) is 11.4. The number of hydrogen-bond acceptors (Lipinski definition) is 6. The van der Waals surface area contributed by atoms with Crippen molar-refractivity contribution in [1.29, 1.82) is 0 Å². The molecule has 1 N–H and O–H groups in total. The zero-order valence-corrected chi connectivity index (χ0v) is 15.6. The van der Waals surface area contributed by atoms with Crippen molar-refractivity contribution >= 4 is 11.4 Å². The Morgan fingerprint density at radius 3 is 2.67 bits per heavy atom. The van der Waals surface area contributed by atoms with Crippen LogP contribution in [0.5, 0.6) is 5.75 Å². The predicted molar refractivity (Wildman–Crippen MR) is 100 cm³/mol. The van der Waals surface area contributed by atoms with Gasteiger partial charge in [-0.05, 0) is 39.8 Å². The first kappa shape index (κ1) is 18.7. The van der Waals surface area contributed by atoms with Gasteiger partial charge in [0, 0.05) is 23.9 Å². The fourth-order valence-electron chi connectivity index (χ4n) is 3.16. The Balaban J connectivity index is 2.42. The summed E-state index contributed by atoms with van der Waals surface area (Å²) >= 11 is 0. The largest absolute Gasteiger partial charge is 0.481 e. The SMILES string of the molecule is CCONC1=C(n2ccccc2=O)c2c(ccc([N+](=O)[O-])c2C)OC1(C)C. The Labute approximate surface area is 156 Å². The smallest absolute Gasteiger partial charge is 0.273 e. The molecule has 1 aromatic carbocycles. The molecular formula is C19H21N3O5. The maximum Gasteiger partial charge on any atom is 0.273 e. The van der Waals surface area contributed by atoms with Crippen molar-refractivity contribution in [2.75, 3.05) is 6.61 Å². The summed E-state index contributed by atoms with van der Waals surface area (Å²) < 4.78 is 7.54. The second kappa shape index (κ2) is 6.88. The molecule has 0 saturated heterocycles. The van der Waals surface area contributed by atoms with Gasteiger partial charge in [-0.25, -0.2) is 0 Å². The number of hydroxylamine groups is 1. The molecule has 142 valence electrons. The molecule has 0 bridgehead atoms. The quantitative estimate of drug-likeness (QED) is 0.641. The first-order valence-electron chi connectivity index (χ1n) is 8.56. The lowest BCUT2D eigenvalue weighted by atomic mass is 9.91. The molecule has 8 nitrogen and oxygen atoms in total. The van der Waals surface area contributed by atoms with Crippen molar-refractivity contribution in [3.8, 4) is 5.75 Å². The van der Waals surface area contributed by atoms with Crippen LogP contribution in [0.3, 0.4) is 0 Å². The van der Waals surface area contributed by atoms with E-state index in [1.165, 1.54) is 16.7 Å². The monoisotopic (exact) mass is 371 g/mol. The van der Waals surface area contributed by atoms with Gasteiger partial charge in [0.15, 0.2) is 0 Å². The van der Waals surface area contributed by atoms with Gasteiger partial charge in [0.1, 0.15) is 17.0 Å². The van der Waals surface area contributed by atoms with Gasteiger partial charge < -0.3 is 4.74 Å². The summed E-state index contributed by atoms with van der Waals surface area (Å²) in [4.78, 5) is 29.0. The molecule has 0 spiro atoms. The fourth-order valence-corrected chi connectivity index (χ4v) is 3.16. The molecule has 1 aliphatic rings. The van der Waals surface area contributed by atoms with E-state index in [0.717, 1.165) is 0 Å². The molecule has 8 heteroatoms. The Hall–Kier alpha value is -3.13. The first-order valence-corrected chi connectivity index (χ1v) is 8.56. The third-order valence-corrected chi connectivity index (χ3v) is 4.42. The van der Waals surface area contributed by atoms with E-state index in [2.05, 4.69) is 5.48 Å². The third kappa shape index (κ3) is 3.19. The van der Waals surface area contributed by atoms with E-state index in [0.29, 0.717) is 34.9 Å². The molecule has 27 heavy (non-hydrogen) atoms. The highest BCUT2D eigenvalue weighted by Gasteiger charge is 2.39. The van der Waals surface area contributed by atoms with Gasteiger partial charge in [-0.15, -0.1) is 0 Å². The minimum Gasteiger partial charge on any atom is -0.481 e. The molecule has 2 heterocycles. The Morgan fingerprint density at radius 1 is 1.30 bits per heavy atom. The van der Waals surface area contributed by atoms with Crippen molar-refractivity contribution in [2.24, 2.45) is 0 Å². The average molecular weight is 371 g/mol. The number of nitro groups is 1. The molecule has 0 atom stereocenters. The summed E-state index contributed by atoms with van der Waals surface area (Å²) in [6.07, 6.45) is 1.62. The summed E-state index contributed by atoms with van der Waals surface area (Å²) in [5.41, 5.74) is 3.59. The average Bonchev–Trinajstić information content (AvgIpc) is 2.59. The maximum absolute atomic E-state index is 12.6. The second-order valence-corrected chi connectivity index (χ2v) is 6.62. The van der Waals surface area contributed by atoms with Crippen LogP contribution < -0.4 is 15.8 Å². The van der Waals surface area contributed by atoms with Crippen LogP contribution in [0.15, 0.2) is 47.0 Å². The topological polar surface area (TPSA) is 95.6 Å².